The third-order valence-corrected chi connectivity index (χ3v) is 8.66. The Kier molecular flexibility index (Phi) is 6.34. The SMILES string of the molecule is CCN(CC)S(=O)(=O)c1ccc(CNC(=O)[C@H]2CCCc3ccccc32)s1. The minimum atomic E-state index is -3.44. The zero-order valence-corrected chi connectivity index (χ0v) is 17.4. The molecule has 1 amide bonds. The van der Waals surface area contributed by atoms with Gasteiger partial charge in [0, 0.05) is 18.0 Å². The van der Waals surface area contributed by atoms with Gasteiger partial charge in [-0.3, -0.25) is 4.79 Å². The summed E-state index contributed by atoms with van der Waals surface area (Å²) < 4.78 is 26.9. The summed E-state index contributed by atoms with van der Waals surface area (Å²) in [5.41, 5.74) is 2.38. The predicted molar refractivity (Wildman–Crippen MR) is 108 cm³/mol. The third kappa shape index (κ3) is 4.25. The maximum absolute atomic E-state index is 12.7. The standard InChI is InChI=1S/C20H26N2O3S2/c1-3-22(4-2)27(24,25)19-13-12-16(26-19)14-21-20(23)18-11-7-9-15-8-5-6-10-17(15)18/h5-6,8,10,12-13,18H,3-4,7,9,11,14H2,1-2H3,(H,21,23)/t18-/m0/s1. The van der Waals surface area contributed by atoms with E-state index in [2.05, 4.69) is 11.4 Å². The molecule has 0 aliphatic heterocycles. The van der Waals surface area contributed by atoms with Crippen LogP contribution in [0.5, 0.6) is 0 Å². The number of benzene rings is 1. The highest BCUT2D eigenvalue weighted by Crippen LogP contribution is 2.32. The first kappa shape index (κ1) is 20.0. The number of amides is 1. The highest BCUT2D eigenvalue weighted by atomic mass is 32.2. The molecule has 1 atom stereocenters. The molecule has 0 fully saturated rings. The number of carbonyl (C=O) groups excluding carboxylic acids is 1. The predicted octanol–water partition coefficient (Wildman–Crippen LogP) is 3.51. The molecule has 1 aromatic carbocycles. The van der Waals surface area contributed by atoms with Crippen LogP contribution >= 0.6 is 11.3 Å². The Balaban J connectivity index is 1.67. The van der Waals surface area contributed by atoms with Gasteiger partial charge < -0.3 is 5.32 Å². The molecule has 3 rings (SSSR count). The molecule has 1 aromatic heterocycles. The number of nitrogens with one attached hydrogen (secondary N) is 1. The number of carbonyl (C=O) groups is 1. The summed E-state index contributed by atoms with van der Waals surface area (Å²) in [6, 6.07) is 11.6. The van der Waals surface area contributed by atoms with Gasteiger partial charge >= 0.3 is 0 Å². The van der Waals surface area contributed by atoms with E-state index < -0.39 is 10.0 Å². The molecule has 2 aromatic rings. The molecular weight excluding hydrogens is 380 g/mol. The Morgan fingerprint density at radius 3 is 2.67 bits per heavy atom. The van der Waals surface area contributed by atoms with Gasteiger partial charge in [0.05, 0.1) is 12.5 Å². The highest BCUT2D eigenvalue weighted by molar-refractivity contribution is 7.91. The summed E-state index contributed by atoms with van der Waals surface area (Å²) in [5.74, 6) is -0.0995. The van der Waals surface area contributed by atoms with E-state index in [1.807, 2.05) is 32.0 Å². The fraction of sp³-hybridized carbons (Fsp3) is 0.450. The first-order valence-electron chi connectivity index (χ1n) is 9.41. The van der Waals surface area contributed by atoms with Crippen LogP contribution in [0.1, 0.15) is 48.6 Å². The lowest BCUT2D eigenvalue weighted by atomic mass is 9.82. The van der Waals surface area contributed by atoms with Gasteiger partial charge in [0.2, 0.25) is 5.91 Å². The topological polar surface area (TPSA) is 66.5 Å². The normalized spacial score (nSPS) is 16.9. The number of fused-ring (bicyclic) bond motifs is 1. The van der Waals surface area contributed by atoms with Crippen molar-refractivity contribution in [1.29, 1.82) is 0 Å². The molecule has 1 aliphatic rings. The second-order valence-corrected chi connectivity index (χ2v) is 10.0. The zero-order chi connectivity index (χ0) is 19.4. The molecule has 0 bridgehead atoms. The number of thiophene rings is 1. The number of rotatable bonds is 7. The molecule has 0 spiro atoms. The quantitative estimate of drug-likeness (QED) is 0.765. The molecule has 0 saturated heterocycles. The molecule has 1 aliphatic carbocycles. The first-order chi connectivity index (χ1) is 13.0. The Labute approximate surface area is 165 Å². The van der Waals surface area contributed by atoms with Gasteiger partial charge in [0.15, 0.2) is 0 Å². The van der Waals surface area contributed by atoms with Crippen molar-refractivity contribution in [3.63, 3.8) is 0 Å². The largest absolute Gasteiger partial charge is 0.351 e. The highest BCUT2D eigenvalue weighted by Gasteiger charge is 2.27. The van der Waals surface area contributed by atoms with E-state index in [9.17, 15) is 13.2 Å². The second kappa shape index (κ2) is 8.54. The summed E-state index contributed by atoms with van der Waals surface area (Å²) >= 11 is 1.23. The monoisotopic (exact) mass is 406 g/mol. The Morgan fingerprint density at radius 2 is 1.93 bits per heavy atom. The van der Waals surface area contributed by atoms with Gasteiger partial charge in [-0.2, -0.15) is 4.31 Å². The van der Waals surface area contributed by atoms with Crippen molar-refractivity contribution in [2.24, 2.45) is 0 Å². The third-order valence-electron chi connectivity index (χ3n) is 5.06. The number of hydrogen-bond acceptors (Lipinski definition) is 4. The van der Waals surface area contributed by atoms with Crippen LogP contribution in [-0.4, -0.2) is 31.7 Å². The van der Waals surface area contributed by atoms with Crippen LogP contribution in [0.25, 0.3) is 0 Å². The van der Waals surface area contributed by atoms with E-state index in [0.29, 0.717) is 23.8 Å². The van der Waals surface area contributed by atoms with Crippen LogP contribution in [0.15, 0.2) is 40.6 Å². The Morgan fingerprint density at radius 1 is 1.19 bits per heavy atom. The van der Waals surface area contributed by atoms with Crippen molar-refractivity contribution < 1.29 is 13.2 Å². The zero-order valence-electron chi connectivity index (χ0n) is 15.8. The number of hydrogen-bond donors (Lipinski definition) is 1. The average Bonchev–Trinajstić information content (AvgIpc) is 3.16. The fourth-order valence-corrected chi connectivity index (χ4v) is 6.51. The van der Waals surface area contributed by atoms with Crippen molar-refractivity contribution in [1.82, 2.24) is 9.62 Å². The van der Waals surface area contributed by atoms with E-state index in [4.69, 9.17) is 0 Å². The van der Waals surface area contributed by atoms with Gasteiger partial charge in [-0.25, -0.2) is 8.42 Å². The van der Waals surface area contributed by atoms with Crippen LogP contribution < -0.4 is 5.32 Å². The lowest BCUT2D eigenvalue weighted by Gasteiger charge is -2.24. The van der Waals surface area contributed by atoms with Crippen molar-refractivity contribution >= 4 is 27.3 Å². The molecule has 7 heteroatoms. The summed E-state index contributed by atoms with van der Waals surface area (Å²) in [6.07, 6.45) is 2.90. The molecule has 0 unspecified atom stereocenters. The lowest BCUT2D eigenvalue weighted by molar-refractivity contribution is -0.123. The number of nitrogens with zero attached hydrogens (tertiary/aromatic N) is 1. The maximum atomic E-state index is 12.7. The van der Waals surface area contributed by atoms with Crippen molar-refractivity contribution in [2.75, 3.05) is 13.1 Å². The molecule has 1 N–H and O–H groups in total. The molecule has 0 saturated carbocycles. The van der Waals surface area contributed by atoms with Gasteiger partial charge in [-0.1, -0.05) is 38.1 Å². The maximum Gasteiger partial charge on any atom is 0.252 e. The van der Waals surface area contributed by atoms with E-state index in [0.717, 1.165) is 29.7 Å². The molecule has 1 heterocycles. The Bertz CT molecular complexity index is 901. The second-order valence-electron chi connectivity index (χ2n) is 6.67. The van der Waals surface area contributed by atoms with Crippen molar-refractivity contribution in [3.05, 3.63) is 52.4 Å². The number of aryl methyl sites for hydroxylation is 1. The average molecular weight is 407 g/mol. The first-order valence-corrected chi connectivity index (χ1v) is 11.7. The minimum absolute atomic E-state index is 0.0173. The molecule has 146 valence electrons. The van der Waals surface area contributed by atoms with Crippen LogP contribution in [-0.2, 0) is 27.8 Å². The summed E-state index contributed by atoms with van der Waals surface area (Å²) in [7, 11) is -3.44. The van der Waals surface area contributed by atoms with Gasteiger partial charge in [-0.05, 0) is 42.5 Å². The molecule has 5 nitrogen and oxygen atoms in total. The molecule has 27 heavy (non-hydrogen) atoms. The van der Waals surface area contributed by atoms with Gasteiger partial charge in [0.25, 0.3) is 10.0 Å². The lowest BCUT2D eigenvalue weighted by Crippen LogP contribution is -2.31. The minimum Gasteiger partial charge on any atom is -0.351 e. The fourth-order valence-electron chi connectivity index (χ4n) is 3.61. The Hall–Kier alpha value is -1.70. The van der Waals surface area contributed by atoms with Crippen LogP contribution in [0.3, 0.4) is 0 Å². The summed E-state index contributed by atoms with van der Waals surface area (Å²) in [6.45, 7) is 4.92. The van der Waals surface area contributed by atoms with Crippen LogP contribution in [0.4, 0.5) is 0 Å². The van der Waals surface area contributed by atoms with E-state index in [-0.39, 0.29) is 11.8 Å². The van der Waals surface area contributed by atoms with Crippen LogP contribution in [0, 0.1) is 0 Å². The van der Waals surface area contributed by atoms with Gasteiger partial charge in [-0.15, -0.1) is 11.3 Å². The van der Waals surface area contributed by atoms with Crippen molar-refractivity contribution in [3.8, 4) is 0 Å². The van der Waals surface area contributed by atoms with E-state index in [1.54, 1.807) is 12.1 Å². The molecular formula is C20H26N2O3S2. The van der Waals surface area contributed by atoms with Gasteiger partial charge in [0.1, 0.15) is 4.21 Å². The molecule has 0 radical (unpaired) electrons. The van der Waals surface area contributed by atoms with E-state index >= 15 is 0 Å². The van der Waals surface area contributed by atoms with Crippen molar-refractivity contribution in [2.45, 2.75) is 49.8 Å². The van der Waals surface area contributed by atoms with E-state index in [1.165, 1.54) is 21.2 Å². The number of sulfonamides is 1. The smallest absolute Gasteiger partial charge is 0.252 e. The van der Waals surface area contributed by atoms with Crippen LogP contribution in [0.2, 0.25) is 0 Å². The summed E-state index contributed by atoms with van der Waals surface area (Å²) in [4.78, 5) is 13.6. The summed E-state index contributed by atoms with van der Waals surface area (Å²) in [5, 5.41) is 2.99.